The lowest BCUT2D eigenvalue weighted by molar-refractivity contribution is 0.296. The molecule has 1 aliphatic carbocycles. The summed E-state index contributed by atoms with van der Waals surface area (Å²) in [6, 6.07) is 4.31. The molecule has 0 unspecified atom stereocenters. The van der Waals surface area contributed by atoms with E-state index in [2.05, 4.69) is 17.1 Å². The van der Waals surface area contributed by atoms with Crippen LogP contribution in [0, 0.1) is 0 Å². The molecule has 0 fully saturated rings. The Balaban J connectivity index is 1.98. The summed E-state index contributed by atoms with van der Waals surface area (Å²) >= 11 is 1.74. The summed E-state index contributed by atoms with van der Waals surface area (Å²) in [5.41, 5.74) is 2.72. The van der Waals surface area contributed by atoms with Gasteiger partial charge in [0.25, 0.3) is 0 Å². The normalized spacial score (nSPS) is 14.4. The number of thioether (sulfide) groups is 1. The second kappa shape index (κ2) is 4.80. The Bertz CT molecular complexity index is 314. The molecule has 2 rings (SSSR count). The van der Waals surface area contributed by atoms with Crippen LogP contribution in [0.15, 0.2) is 17.2 Å². The number of aromatic nitrogens is 1. The van der Waals surface area contributed by atoms with Gasteiger partial charge in [0.1, 0.15) is 0 Å². The molecule has 0 radical (unpaired) electrons. The first-order chi connectivity index (χ1) is 6.90. The van der Waals surface area contributed by atoms with E-state index in [-0.39, 0.29) is 6.61 Å². The lowest BCUT2D eigenvalue weighted by atomic mass is 10.2. The molecule has 76 valence electrons. The van der Waals surface area contributed by atoms with E-state index in [9.17, 15) is 0 Å². The van der Waals surface area contributed by atoms with Gasteiger partial charge < -0.3 is 5.11 Å². The average molecular weight is 209 g/mol. The maximum absolute atomic E-state index is 8.67. The summed E-state index contributed by atoms with van der Waals surface area (Å²) in [6.07, 6.45) is 4.45. The molecule has 0 amide bonds. The third-order valence-electron chi connectivity index (χ3n) is 2.46. The highest BCUT2D eigenvalue weighted by atomic mass is 32.2. The van der Waals surface area contributed by atoms with Crippen LogP contribution in [-0.4, -0.2) is 22.5 Å². The third kappa shape index (κ3) is 2.28. The molecule has 0 saturated carbocycles. The molecule has 2 nitrogen and oxygen atoms in total. The maximum Gasteiger partial charge on any atom is 0.0963 e. The van der Waals surface area contributed by atoms with Crippen molar-refractivity contribution in [3.63, 3.8) is 0 Å². The predicted octanol–water partition coefficient (Wildman–Crippen LogP) is 2.04. The summed E-state index contributed by atoms with van der Waals surface area (Å²) in [5.74, 6) is 0.961. The summed E-state index contributed by atoms with van der Waals surface area (Å²) < 4.78 is 0. The average Bonchev–Trinajstić information content (AvgIpc) is 2.65. The van der Waals surface area contributed by atoms with Gasteiger partial charge in [-0.1, -0.05) is 6.07 Å². The SMILES string of the molecule is OCCCSc1ccc2c(n1)CCC2. The van der Waals surface area contributed by atoms with Crippen LogP contribution in [0.5, 0.6) is 0 Å². The molecule has 0 bridgehead atoms. The standard InChI is InChI=1S/C11H15NOS/c13-7-2-8-14-11-6-5-9-3-1-4-10(9)12-11/h5-6,13H,1-4,7-8H2. The van der Waals surface area contributed by atoms with Crippen LogP contribution in [0.2, 0.25) is 0 Å². The van der Waals surface area contributed by atoms with Gasteiger partial charge in [0.05, 0.1) is 5.03 Å². The zero-order valence-electron chi connectivity index (χ0n) is 8.20. The molecular weight excluding hydrogens is 194 g/mol. The lowest BCUT2D eigenvalue weighted by Crippen LogP contribution is -1.91. The number of nitrogens with zero attached hydrogens (tertiary/aromatic N) is 1. The molecule has 1 N–H and O–H groups in total. The number of hydrogen-bond acceptors (Lipinski definition) is 3. The number of aliphatic hydroxyl groups excluding tert-OH is 1. The molecular formula is C11H15NOS. The minimum atomic E-state index is 0.276. The largest absolute Gasteiger partial charge is 0.396 e. The molecule has 0 atom stereocenters. The monoisotopic (exact) mass is 209 g/mol. The summed E-state index contributed by atoms with van der Waals surface area (Å²) in [4.78, 5) is 4.61. The Morgan fingerprint density at radius 2 is 2.29 bits per heavy atom. The van der Waals surface area contributed by atoms with Gasteiger partial charge in [0.15, 0.2) is 0 Å². The molecule has 1 heterocycles. The second-order valence-corrected chi connectivity index (χ2v) is 4.65. The van der Waals surface area contributed by atoms with Crippen LogP contribution in [0.4, 0.5) is 0 Å². The van der Waals surface area contributed by atoms with E-state index in [1.807, 2.05) is 0 Å². The third-order valence-corrected chi connectivity index (χ3v) is 3.47. The van der Waals surface area contributed by atoms with Gasteiger partial charge in [-0.3, -0.25) is 0 Å². The van der Waals surface area contributed by atoms with E-state index in [4.69, 9.17) is 5.11 Å². The number of aliphatic hydroxyl groups is 1. The van der Waals surface area contributed by atoms with E-state index in [1.54, 1.807) is 11.8 Å². The van der Waals surface area contributed by atoms with Crippen molar-refractivity contribution in [3.05, 3.63) is 23.4 Å². The summed E-state index contributed by atoms with van der Waals surface area (Å²) in [6.45, 7) is 0.276. The Morgan fingerprint density at radius 3 is 3.14 bits per heavy atom. The molecule has 3 heteroatoms. The van der Waals surface area contributed by atoms with E-state index < -0.39 is 0 Å². The zero-order valence-corrected chi connectivity index (χ0v) is 9.02. The molecule has 1 aromatic rings. The Kier molecular flexibility index (Phi) is 3.43. The van der Waals surface area contributed by atoms with E-state index in [1.165, 1.54) is 24.1 Å². The van der Waals surface area contributed by atoms with E-state index in [0.717, 1.165) is 23.6 Å². The van der Waals surface area contributed by atoms with Gasteiger partial charge in [-0.05, 0) is 37.3 Å². The van der Waals surface area contributed by atoms with Gasteiger partial charge in [0, 0.05) is 18.1 Å². The highest BCUT2D eigenvalue weighted by Crippen LogP contribution is 2.24. The first-order valence-corrected chi connectivity index (χ1v) is 6.11. The van der Waals surface area contributed by atoms with Crippen molar-refractivity contribution in [1.82, 2.24) is 4.98 Å². The first kappa shape index (κ1) is 9.99. The van der Waals surface area contributed by atoms with Crippen molar-refractivity contribution in [2.45, 2.75) is 30.7 Å². The lowest BCUT2D eigenvalue weighted by Gasteiger charge is -2.02. The van der Waals surface area contributed by atoms with E-state index in [0.29, 0.717) is 0 Å². The molecule has 0 saturated heterocycles. The number of rotatable bonds is 4. The van der Waals surface area contributed by atoms with Crippen molar-refractivity contribution < 1.29 is 5.11 Å². The highest BCUT2D eigenvalue weighted by molar-refractivity contribution is 7.99. The van der Waals surface area contributed by atoms with Crippen LogP contribution in [0.25, 0.3) is 0 Å². The van der Waals surface area contributed by atoms with Crippen molar-refractivity contribution in [2.24, 2.45) is 0 Å². The minimum Gasteiger partial charge on any atom is -0.396 e. The predicted molar refractivity (Wildman–Crippen MR) is 58.7 cm³/mol. The minimum absolute atomic E-state index is 0.276. The van der Waals surface area contributed by atoms with E-state index >= 15 is 0 Å². The second-order valence-electron chi connectivity index (χ2n) is 3.53. The molecule has 0 aromatic carbocycles. The number of fused-ring (bicyclic) bond motifs is 1. The van der Waals surface area contributed by atoms with Crippen LogP contribution in [0.1, 0.15) is 24.1 Å². The molecule has 1 aliphatic rings. The fourth-order valence-corrected chi connectivity index (χ4v) is 2.54. The molecule has 14 heavy (non-hydrogen) atoms. The summed E-state index contributed by atoms with van der Waals surface area (Å²) in [5, 5.41) is 9.78. The quantitative estimate of drug-likeness (QED) is 0.608. The van der Waals surface area contributed by atoms with Crippen LogP contribution in [0.3, 0.4) is 0 Å². The summed E-state index contributed by atoms with van der Waals surface area (Å²) in [7, 11) is 0. The van der Waals surface area contributed by atoms with Crippen LogP contribution < -0.4 is 0 Å². The smallest absolute Gasteiger partial charge is 0.0963 e. The Hall–Kier alpha value is -0.540. The van der Waals surface area contributed by atoms with Gasteiger partial charge in [-0.25, -0.2) is 4.98 Å². The fourth-order valence-electron chi connectivity index (χ4n) is 1.72. The fraction of sp³-hybridized carbons (Fsp3) is 0.545. The van der Waals surface area contributed by atoms with Crippen LogP contribution in [-0.2, 0) is 12.8 Å². The molecule has 0 aliphatic heterocycles. The Labute approximate surface area is 88.8 Å². The first-order valence-electron chi connectivity index (χ1n) is 5.12. The Morgan fingerprint density at radius 1 is 1.36 bits per heavy atom. The van der Waals surface area contributed by atoms with Gasteiger partial charge in [-0.15, -0.1) is 11.8 Å². The van der Waals surface area contributed by atoms with Gasteiger partial charge >= 0.3 is 0 Å². The van der Waals surface area contributed by atoms with Crippen molar-refractivity contribution in [3.8, 4) is 0 Å². The molecule has 0 spiro atoms. The molecule has 1 aromatic heterocycles. The number of pyridine rings is 1. The van der Waals surface area contributed by atoms with Gasteiger partial charge in [0.2, 0.25) is 0 Å². The van der Waals surface area contributed by atoms with Crippen molar-refractivity contribution >= 4 is 11.8 Å². The topological polar surface area (TPSA) is 33.1 Å². The maximum atomic E-state index is 8.67. The highest BCUT2D eigenvalue weighted by Gasteiger charge is 2.12. The van der Waals surface area contributed by atoms with Crippen LogP contribution >= 0.6 is 11.8 Å². The number of hydrogen-bond donors (Lipinski definition) is 1. The van der Waals surface area contributed by atoms with Crippen molar-refractivity contribution in [2.75, 3.05) is 12.4 Å². The van der Waals surface area contributed by atoms with Gasteiger partial charge in [-0.2, -0.15) is 0 Å². The number of aryl methyl sites for hydroxylation is 2. The van der Waals surface area contributed by atoms with Crippen molar-refractivity contribution in [1.29, 1.82) is 0 Å². The zero-order chi connectivity index (χ0) is 9.80.